The number of aliphatic hydroxyl groups excluding tert-OH is 1. The molecule has 0 radical (unpaired) electrons. The van der Waals surface area contributed by atoms with Gasteiger partial charge in [-0.15, -0.1) is 0 Å². The summed E-state index contributed by atoms with van der Waals surface area (Å²) in [4.78, 5) is 14.1. The Kier molecular flexibility index (Phi) is 3.66. The van der Waals surface area contributed by atoms with Crippen molar-refractivity contribution >= 4 is 5.91 Å². The molecule has 1 aliphatic heterocycles. The SMILES string of the molecule is COc1cc2c(c(OC)c1C)C(=O)N(CCO)C2C. The summed E-state index contributed by atoms with van der Waals surface area (Å²) in [6.07, 6.45) is 0. The first-order valence-electron chi connectivity index (χ1n) is 6.24. The molecule has 1 aliphatic rings. The Morgan fingerprint density at radius 2 is 2.05 bits per heavy atom. The Morgan fingerprint density at radius 3 is 2.58 bits per heavy atom. The third-order valence-corrected chi connectivity index (χ3v) is 3.67. The van der Waals surface area contributed by atoms with E-state index in [1.165, 1.54) is 0 Å². The lowest BCUT2D eigenvalue weighted by molar-refractivity contribution is 0.0696. The second-order valence-electron chi connectivity index (χ2n) is 4.60. The van der Waals surface area contributed by atoms with E-state index in [2.05, 4.69) is 0 Å². The minimum atomic E-state index is -0.0980. The molecule has 5 nitrogen and oxygen atoms in total. The van der Waals surface area contributed by atoms with Crippen molar-refractivity contribution in [1.29, 1.82) is 0 Å². The molecule has 0 fully saturated rings. The molecule has 1 N–H and O–H groups in total. The fraction of sp³-hybridized carbons (Fsp3) is 0.500. The van der Waals surface area contributed by atoms with Crippen LogP contribution < -0.4 is 9.47 Å². The van der Waals surface area contributed by atoms with Gasteiger partial charge in [0.15, 0.2) is 0 Å². The average molecular weight is 265 g/mol. The van der Waals surface area contributed by atoms with Crippen LogP contribution in [0.1, 0.15) is 34.5 Å². The number of aliphatic hydroxyl groups is 1. The molecule has 0 aliphatic carbocycles. The van der Waals surface area contributed by atoms with E-state index in [9.17, 15) is 4.79 Å². The molecule has 0 spiro atoms. The highest BCUT2D eigenvalue weighted by Crippen LogP contribution is 2.43. The number of methoxy groups -OCH3 is 2. The Hall–Kier alpha value is -1.75. The van der Waals surface area contributed by atoms with E-state index < -0.39 is 0 Å². The second kappa shape index (κ2) is 5.09. The lowest BCUT2D eigenvalue weighted by Gasteiger charge is -2.20. The van der Waals surface area contributed by atoms with Gasteiger partial charge in [-0.3, -0.25) is 4.79 Å². The third kappa shape index (κ3) is 1.94. The maximum atomic E-state index is 12.4. The first-order chi connectivity index (χ1) is 9.06. The summed E-state index contributed by atoms with van der Waals surface area (Å²) in [7, 11) is 3.15. The number of fused-ring (bicyclic) bond motifs is 1. The standard InChI is InChI=1S/C14H19NO4/c1-8-11(18-3)7-10-9(2)15(5-6-16)14(17)12(10)13(8)19-4/h7,9,16H,5-6H2,1-4H3. The maximum Gasteiger partial charge on any atom is 0.258 e. The zero-order valence-electron chi connectivity index (χ0n) is 11.7. The molecule has 1 unspecified atom stereocenters. The minimum Gasteiger partial charge on any atom is -0.496 e. The summed E-state index contributed by atoms with van der Waals surface area (Å²) in [5.74, 6) is 1.17. The quantitative estimate of drug-likeness (QED) is 0.896. The number of β-amino-alcohol motifs (C(OH)–C–C–N with tert-alkyl or cyclic N) is 1. The van der Waals surface area contributed by atoms with Crippen LogP contribution in [0.3, 0.4) is 0 Å². The molecular weight excluding hydrogens is 246 g/mol. The van der Waals surface area contributed by atoms with E-state index in [-0.39, 0.29) is 18.6 Å². The number of hydrogen-bond donors (Lipinski definition) is 1. The fourth-order valence-corrected chi connectivity index (χ4v) is 2.66. The molecule has 5 heteroatoms. The Labute approximate surface area is 112 Å². The number of rotatable bonds is 4. The highest BCUT2D eigenvalue weighted by molar-refractivity contribution is 6.02. The predicted octanol–water partition coefficient (Wildman–Crippen LogP) is 1.52. The van der Waals surface area contributed by atoms with Crippen molar-refractivity contribution < 1.29 is 19.4 Å². The molecular formula is C14H19NO4. The van der Waals surface area contributed by atoms with Crippen LogP contribution in [0.15, 0.2) is 6.07 Å². The van der Waals surface area contributed by atoms with E-state index in [0.29, 0.717) is 23.6 Å². The largest absolute Gasteiger partial charge is 0.496 e. The van der Waals surface area contributed by atoms with E-state index in [1.54, 1.807) is 19.1 Å². The Morgan fingerprint density at radius 1 is 1.37 bits per heavy atom. The van der Waals surface area contributed by atoms with Crippen molar-refractivity contribution in [2.24, 2.45) is 0 Å². The fourth-order valence-electron chi connectivity index (χ4n) is 2.66. The first-order valence-corrected chi connectivity index (χ1v) is 6.24. The van der Waals surface area contributed by atoms with Crippen LogP contribution in [0.5, 0.6) is 11.5 Å². The number of hydrogen-bond acceptors (Lipinski definition) is 4. The molecule has 0 saturated carbocycles. The van der Waals surface area contributed by atoms with Gasteiger partial charge in [-0.1, -0.05) is 0 Å². The van der Waals surface area contributed by atoms with Gasteiger partial charge in [-0.25, -0.2) is 0 Å². The lowest BCUT2D eigenvalue weighted by atomic mass is 10.0. The molecule has 0 aromatic heterocycles. The van der Waals surface area contributed by atoms with Gasteiger partial charge >= 0.3 is 0 Å². The van der Waals surface area contributed by atoms with Crippen LogP contribution in [-0.4, -0.2) is 43.3 Å². The summed E-state index contributed by atoms with van der Waals surface area (Å²) in [6.45, 7) is 4.07. The Bertz CT molecular complexity index is 513. The van der Waals surface area contributed by atoms with Crippen LogP contribution in [0.2, 0.25) is 0 Å². The van der Waals surface area contributed by atoms with Gasteiger partial charge < -0.3 is 19.5 Å². The van der Waals surface area contributed by atoms with Crippen LogP contribution in [-0.2, 0) is 0 Å². The molecule has 1 atom stereocenters. The summed E-state index contributed by atoms with van der Waals surface area (Å²) in [5.41, 5.74) is 2.29. The van der Waals surface area contributed by atoms with E-state index in [4.69, 9.17) is 14.6 Å². The summed E-state index contributed by atoms with van der Waals surface area (Å²) in [6, 6.07) is 1.80. The van der Waals surface area contributed by atoms with Gasteiger partial charge in [0.25, 0.3) is 5.91 Å². The third-order valence-electron chi connectivity index (χ3n) is 3.67. The number of carbonyl (C=O) groups is 1. The van der Waals surface area contributed by atoms with Gasteiger partial charge in [0.2, 0.25) is 0 Å². The summed E-state index contributed by atoms with van der Waals surface area (Å²) >= 11 is 0. The van der Waals surface area contributed by atoms with E-state index in [0.717, 1.165) is 11.1 Å². The van der Waals surface area contributed by atoms with Crippen LogP contribution in [0.25, 0.3) is 0 Å². The number of ether oxygens (including phenoxy) is 2. The molecule has 0 saturated heterocycles. The topological polar surface area (TPSA) is 59.0 Å². The van der Waals surface area contributed by atoms with Crippen LogP contribution >= 0.6 is 0 Å². The van der Waals surface area contributed by atoms with Gasteiger partial charge in [0.1, 0.15) is 11.5 Å². The minimum absolute atomic E-state index is 0.0531. The molecule has 1 amide bonds. The maximum absolute atomic E-state index is 12.4. The first kappa shape index (κ1) is 13.7. The van der Waals surface area contributed by atoms with Gasteiger partial charge in [0, 0.05) is 12.1 Å². The number of amides is 1. The van der Waals surface area contributed by atoms with E-state index >= 15 is 0 Å². The van der Waals surface area contributed by atoms with Crippen molar-refractivity contribution in [3.8, 4) is 11.5 Å². The summed E-state index contributed by atoms with van der Waals surface area (Å²) < 4.78 is 10.7. The molecule has 104 valence electrons. The molecule has 1 heterocycles. The van der Waals surface area contributed by atoms with Crippen LogP contribution in [0.4, 0.5) is 0 Å². The normalized spacial score (nSPS) is 17.6. The number of nitrogens with zero attached hydrogens (tertiary/aromatic N) is 1. The Balaban J connectivity index is 2.61. The van der Waals surface area contributed by atoms with Gasteiger partial charge in [-0.2, -0.15) is 0 Å². The molecule has 0 bridgehead atoms. The molecule has 1 aromatic carbocycles. The number of carbonyl (C=O) groups excluding carboxylic acids is 1. The van der Waals surface area contributed by atoms with Gasteiger partial charge in [0.05, 0.1) is 32.4 Å². The van der Waals surface area contributed by atoms with Gasteiger partial charge in [-0.05, 0) is 25.5 Å². The zero-order valence-corrected chi connectivity index (χ0v) is 11.7. The van der Waals surface area contributed by atoms with Crippen molar-refractivity contribution in [3.63, 3.8) is 0 Å². The summed E-state index contributed by atoms with van der Waals surface area (Å²) in [5, 5.41) is 9.07. The molecule has 1 aromatic rings. The average Bonchev–Trinajstić information content (AvgIpc) is 2.63. The predicted molar refractivity (Wildman–Crippen MR) is 70.8 cm³/mol. The monoisotopic (exact) mass is 265 g/mol. The lowest BCUT2D eigenvalue weighted by Crippen LogP contribution is -2.29. The highest BCUT2D eigenvalue weighted by Gasteiger charge is 2.37. The zero-order chi connectivity index (χ0) is 14.2. The molecule has 19 heavy (non-hydrogen) atoms. The highest BCUT2D eigenvalue weighted by atomic mass is 16.5. The second-order valence-corrected chi connectivity index (χ2v) is 4.60. The smallest absolute Gasteiger partial charge is 0.258 e. The van der Waals surface area contributed by atoms with E-state index in [1.807, 2.05) is 19.9 Å². The number of benzene rings is 1. The molecule has 2 rings (SSSR count). The van der Waals surface area contributed by atoms with Crippen molar-refractivity contribution in [2.75, 3.05) is 27.4 Å². The van der Waals surface area contributed by atoms with Crippen molar-refractivity contribution in [2.45, 2.75) is 19.9 Å². The van der Waals surface area contributed by atoms with Crippen molar-refractivity contribution in [1.82, 2.24) is 4.90 Å². The van der Waals surface area contributed by atoms with Crippen molar-refractivity contribution in [3.05, 3.63) is 22.8 Å². The van der Waals surface area contributed by atoms with Crippen LogP contribution in [0, 0.1) is 6.92 Å².